The Morgan fingerprint density at radius 3 is 2.12 bits per heavy atom. The van der Waals surface area contributed by atoms with Gasteiger partial charge in [-0.1, -0.05) is 30.3 Å². The summed E-state index contributed by atoms with van der Waals surface area (Å²) >= 11 is 0. The van der Waals surface area contributed by atoms with E-state index in [9.17, 15) is 10.2 Å². The third kappa shape index (κ3) is 2.51. The second kappa shape index (κ2) is 5.63. The molecule has 3 heteroatoms. The van der Waals surface area contributed by atoms with Crippen LogP contribution in [0.2, 0.25) is 0 Å². The Morgan fingerprint density at radius 2 is 1.65 bits per heavy atom. The average molecular weight is 235 g/mol. The van der Waals surface area contributed by atoms with E-state index in [2.05, 4.69) is 24.0 Å². The first-order valence-corrected chi connectivity index (χ1v) is 6.32. The fourth-order valence-corrected chi connectivity index (χ4v) is 2.89. The van der Waals surface area contributed by atoms with Gasteiger partial charge in [0.15, 0.2) is 0 Å². The van der Waals surface area contributed by atoms with E-state index in [0.29, 0.717) is 0 Å². The van der Waals surface area contributed by atoms with Gasteiger partial charge in [0, 0.05) is 18.1 Å². The normalized spacial score (nSPS) is 27.2. The fourth-order valence-electron chi connectivity index (χ4n) is 2.89. The summed E-state index contributed by atoms with van der Waals surface area (Å²) in [5.74, 6) is 0. The number of hydrogen-bond acceptors (Lipinski definition) is 3. The van der Waals surface area contributed by atoms with Gasteiger partial charge in [-0.2, -0.15) is 0 Å². The van der Waals surface area contributed by atoms with Crippen molar-refractivity contribution in [3.8, 4) is 0 Å². The van der Waals surface area contributed by atoms with E-state index in [1.807, 2.05) is 18.2 Å². The largest absolute Gasteiger partial charge is 0.395 e. The van der Waals surface area contributed by atoms with Crippen LogP contribution in [-0.4, -0.2) is 40.4 Å². The van der Waals surface area contributed by atoms with Crippen molar-refractivity contribution in [2.75, 3.05) is 13.2 Å². The van der Waals surface area contributed by atoms with Crippen LogP contribution >= 0.6 is 0 Å². The SMILES string of the molecule is C[C@H](c1ccccc1)N1[C@H](CO)CC[C@H]1CO. The van der Waals surface area contributed by atoms with Crippen LogP contribution in [0.25, 0.3) is 0 Å². The summed E-state index contributed by atoms with van der Waals surface area (Å²) in [7, 11) is 0. The lowest BCUT2D eigenvalue weighted by Gasteiger charge is -2.34. The first kappa shape index (κ1) is 12.6. The molecule has 0 bridgehead atoms. The van der Waals surface area contributed by atoms with E-state index < -0.39 is 0 Å². The molecule has 1 heterocycles. The molecule has 3 nitrogen and oxygen atoms in total. The Morgan fingerprint density at radius 1 is 1.12 bits per heavy atom. The van der Waals surface area contributed by atoms with Crippen LogP contribution in [0, 0.1) is 0 Å². The fraction of sp³-hybridized carbons (Fsp3) is 0.571. The second-order valence-electron chi connectivity index (χ2n) is 4.78. The van der Waals surface area contributed by atoms with Gasteiger partial charge in [0.25, 0.3) is 0 Å². The number of aliphatic hydroxyl groups excluding tert-OH is 2. The lowest BCUT2D eigenvalue weighted by molar-refractivity contribution is 0.0644. The Labute approximate surface area is 103 Å². The molecule has 0 aliphatic carbocycles. The van der Waals surface area contributed by atoms with E-state index in [1.54, 1.807) is 0 Å². The molecular weight excluding hydrogens is 214 g/mol. The average Bonchev–Trinajstić information content (AvgIpc) is 2.81. The van der Waals surface area contributed by atoms with Gasteiger partial charge >= 0.3 is 0 Å². The maximum atomic E-state index is 9.42. The molecule has 3 atom stereocenters. The van der Waals surface area contributed by atoms with Gasteiger partial charge in [-0.3, -0.25) is 4.90 Å². The number of benzene rings is 1. The van der Waals surface area contributed by atoms with Gasteiger partial charge in [-0.05, 0) is 25.3 Å². The van der Waals surface area contributed by atoms with Gasteiger partial charge in [-0.15, -0.1) is 0 Å². The van der Waals surface area contributed by atoms with Crippen molar-refractivity contribution < 1.29 is 10.2 Å². The van der Waals surface area contributed by atoms with Gasteiger partial charge in [-0.25, -0.2) is 0 Å². The number of nitrogens with zero attached hydrogens (tertiary/aromatic N) is 1. The van der Waals surface area contributed by atoms with Gasteiger partial charge in [0.1, 0.15) is 0 Å². The zero-order valence-electron chi connectivity index (χ0n) is 10.3. The third-order valence-corrected chi connectivity index (χ3v) is 3.83. The molecule has 1 aliphatic rings. The summed E-state index contributed by atoms with van der Waals surface area (Å²) in [5, 5.41) is 18.8. The summed E-state index contributed by atoms with van der Waals surface area (Å²) in [6, 6.07) is 10.9. The Bertz CT molecular complexity index is 329. The van der Waals surface area contributed by atoms with Crippen LogP contribution in [0.15, 0.2) is 30.3 Å². The minimum absolute atomic E-state index is 0.174. The predicted octanol–water partition coefficient (Wildman–Crippen LogP) is 1.57. The summed E-state index contributed by atoms with van der Waals surface area (Å²) < 4.78 is 0. The van der Waals surface area contributed by atoms with Gasteiger partial charge < -0.3 is 10.2 Å². The number of aliphatic hydroxyl groups is 2. The molecule has 1 aromatic rings. The molecule has 17 heavy (non-hydrogen) atoms. The van der Waals surface area contributed by atoms with Crippen LogP contribution in [0.4, 0.5) is 0 Å². The number of likely N-dealkylation sites (tertiary alicyclic amines) is 1. The van der Waals surface area contributed by atoms with Crippen molar-refractivity contribution in [2.45, 2.75) is 37.9 Å². The van der Waals surface area contributed by atoms with Crippen LogP contribution in [-0.2, 0) is 0 Å². The van der Waals surface area contributed by atoms with Crippen LogP contribution < -0.4 is 0 Å². The molecule has 0 saturated carbocycles. The molecule has 1 fully saturated rings. The topological polar surface area (TPSA) is 43.7 Å². The van der Waals surface area contributed by atoms with Crippen LogP contribution in [0.1, 0.15) is 31.4 Å². The third-order valence-electron chi connectivity index (χ3n) is 3.83. The van der Waals surface area contributed by atoms with E-state index in [-0.39, 0.29) is 31.3 Å². The molecular formula is C14H21NO2. The van der Waals surface area contributed by atoms with Crippen molar-refractivity contribution in [3.63, 3.8) is 0 Å². The van der Waals surface area contributed by atoms with Crippen molar-refractivity contribution in [1.82, 2.24) is 4.90 Å². The monoisotopic (exact) mass is 235 g/mol. The van der Waals surface area contributed by atoms with E-state index >= 15 is 0 Å². The van der Waals surface area contributed by atoms with Crippen LogP contribution in [0.3, 0.4) is 0 Å². The van der Waals surface area contributed by atoms with Crippen molar-refractivity contribution in [1.29, 1.82) is 0 Å². The zero-order valence-corrected chi connectivity index (χ0v) is 10.3. The standard InChI is InChI=1S/C14H21NO2/c1-11(12-5-3-2-4-6-12)15-13(9-16)7-8-14(15)10-17/h2-6,11,13-14,16-17H,7-10H2,1H3/t11-,13+,14+/m1/s1. The van der Waals surface area contributed by atoms with E-state index in [4.69, 9.17) is 0 Å². The van der Waals surface area contributed by atoms with E-state index in [0.717, 1.165) is 12.8 Å². The van der Waals surface area contributed by atoms with Crippen molar-refractivity contribution in [3.05, 3.63) is 35.9 Å². The highest BCUT2D eigenvalue weighted by atomic mass is 16.3. The highest BCUT2D eigenvalue weighted by Crippen LogP contribution is 2.33. The first-order valence-electron chi connectivity index (χ1n) is 6.32. The summed E-state index contributed by atoms with van der Waals surface area (Å²) in [6.45, 7) is 2.49. The maximum absolute atomic E-state index is 9.42. The Hall–Kier alpha value is -0.900. The molecule has 1 aliphatic heterocycles. The van der Waals surface area contributed by atoms with Gasteiger partial charge in [0.2, 0.25) is 0 Å². The predicted molar refractivity (Wildman–Crippen MR) is 67.7 cm³/mol. The molecule has 0 spiro atoms. The molecule has 94 valence electrons. The zero-order chi connectivity index (χ0) is 12.3. The minimum atomic E-state index is 0.174. The van der Waals surface area contributed by atoms with Crippen molar-refractivity contribution >= 4 is 0 Å². The van der Waals surface area contributed by atoms with Crippen molar-refractivity contribution in [2.24, 2.45) is 0 Å². The number of hydrogen-bond donors (Lipinski definition) is 2. The second-order valence-corrected chi connectivity index (χ2v) is 4.78. The minimum Gasteiger partial charge on any atom is -0.395 e. The molecule has 0 amide bonds. The van der Waals surface area contributed by atoms with Gasteiger partial charge in [0.05, 0.1) is 13.2 Å². The highest BCUT2D eigenvalue weighted by molar-refractivity contribution is 5.19. The summed E-state index contributed by atoms with van der Waals surface area (Å²) in [6.07, 6.45) is 1.94. The summed E-state index contributed by atoms with van der Waals surface area (Å²) in [4.78, 5) is 2.26. The Kier molecular flexibility index (Phi) is 4.15. The number of rotatable bonds is 4. The molecule has 2 rings (SSSR count). The lowest BCUT2D eigenvalue weighted by atomic mass is 10.1. The smallest absolute Gasteiger partial charge is 0.0587 e. The molecule has 0 aromatic heterocycles. The first-order chi connectivity index (χ1) is 8.27. The van der Waals surface area contributed by atoms with Crippen LogP contribution in [0.5, 0.6) is 0 Å². The Balaban J connectivity index is 2.18. The highest BCUT2D eigenvalue weighted by Gasteiger charge is 2.35. The molecule has 0 unspecified atom stereocenters. The molecule has 0 radical (unpaired) electrons. The quantitative estimate of drug-likeness (QED) is 0.832. The maximum Gasteiger partial charge on any atom is 0.0587 e. The molecule has 2 N–H and O–H groups in total. The molecule has 1 saturated heterocycles. The van der Waals surface area contributed by atoms with E-state index in [1.165, 1.54) is 5.56 Å². The lowest BCUT2D eigenvalue weighted by Crippen LogP contribution is -2.41. The summed E-state index contributed by atoms with van der Waals surface area (Å²) in [5.41, 5.74) is 1.24. The molecule has 1 aromatic carbocycles.